The third kappa shape index (κ3) is 3.11. The fraction of sp³-hybridized carbons (Fsp3) is 0.333. The second-order valence-electron chi connectivity index (χ2n) is 2.15. The summed E-state index contributed by atoms with van der Waals surface area (Å²) in [4.78, 5) is 11.0. The summed E-state index contributed by atoms with van der Waals surface area (Å²) < 4.78 is 4.76. The molecule has 0 aliphatic rings. The second-order valence-corrected chi connectivity index (χ2v) is 2.15. The highest BCUT2D eigenvalue weighted by Crippen LogP contribution is 2.03. The summed E-state index contributed by atoms with van der Waals surface area (Å²) in [6.45, 7) is 9.96. The monoisotopic (exact) mass is 184 g/mol. The third-order valence-corrected chi connectivity index (χ3v) is 1.31. The van der Waals surface area contributed by atoms with Crippen LogP contribution in [-0.2, 0) is 4.74 Å². The highest BCUT2D eigenvalue weighted by Gasteiger charge is 2.10. The third-order valence-electron chi connectivity index (χ3n) is 1.31. The normalized spacial score (nSPS) is 8.46. The van der Waals surface area contributed by atoms with Gasteiger partial charge in [-0.15, -0.1) is 13.2 Å². The van der Waals surface area contributed by atoms with Gasteiger partial charge in [0, 0.05) is 6.99 Å². The zero-order valence-electron chi connectivity index (χ0n) is 7.96. The first-order chi connectivity index (χ1) is 6.25. The van der Waals surface area contributed by atoms with E-state index in [0.29, 0.717) is 12.3 Å². The van der Waals surface area contributed by atoms with Gasteiger partial charge >= 0.3 is 5.97 Å². The standard InChI is InChI=1S/C7H10N2O2.C2H4.H2/c1-3-11-7(10)6-5(2)4-8-9-6;1-2;/h4H,3H2,1-2H3,(H,8,9);1-2H2;1H. The molecule has 0 aliphatic heterocycles. The van der Waals surface area contributed by atoms with Gasteiger partial charge in [-0.05, 0) is 13.8 Å². The van der Waals surface area contributed by atoms with Gasteiger partial charge in [0.1, 0.15) is 5.69 Å². The van der Waals surface area contributed by atoms with Crippen LogP contribution < -0.4 is 0 Å². The maximum absolute atomic E-state index is 11.0. The van der Waals surface area contributed by atoms with Gasteiger partial charge < -0.3 is 4.74 Å². The lowest BCUT2D eigenvalue weighted by Gasteiger charge is -1.97. The molecule has 0 saturated carbocycles. The zero-order chi connectivity index (χ0) is 10.3. The van der Waals surface area contributed by atoms with Crippen LogP contribution in [-0.4, -0.2) is 22.8 Å². The number of aryl methyl sites for hydroxylation is 1. The Morgan fingerprint density at radius 2 is 2.38 bits per heavy atom. The number of nitrogens with one attached hydrogen (secondary N) is 1. The van der Waals surface area contributed by atoms with Crippen molar-refractivity contribution in [2.75, 3.05) is 6.61 Å². The predicted octanol–water partition coefficient (Wildman–Crippen LogP) is 1.94. The SMILES string of the molecule is C=C.CCOC(=O)c1[nH]ncc1C.[HH]. The molecule has 0 aliphatic carbocycles. The van der Waals surface area contributed by atoms with Gasteiger partial charge in [-0.2, -0.15) is 5.10 Å². The average molecular weight is 184 g/mol. The van der Waals surface area contributed by atoms with E-state index in [4.69, 9.17) is 4.74 Å². The molecule has 1 N–H and O–H groups in total. The van der Waals surface area contributed by atoms with E-state index in [9.17, 15) is 4.79 Å². The van der Waals surface area contributed by atoms with Gasteiger partial charge in [0.2, 0.25) is 0 Å². The number of H-pyrrole nitrogens is 1. The van der Waals surface area contributed by atoms with E-state index in [1.807, 2.05) is 0 Å². The molecular weight excluding hydrogens is 168 g/mol. The molecule has 0 spiro atoms. The maximum Gasteiger partial charge on any atom is 0.356 e. The molecule has 74 valence electrons. The Morgan fingerprint density at radius 1 is 1.77 bits per heavy atom. The van der Waals surface area contributed by atoms with Crippen molar-refractivity contribution in [2.45, 2.75) is 13.8 Å². The molecule has 13 heavy (non-hydrogen) atoms. The Hall–Kier alpha value is -1.58. The number of nitrogens with zero attached hydrogens (tertiary/aromatic N) is 1. The van der Waals surface area contributed by atoms with Gasteiger partial charge in [0.05, 0.1) is 12.8 Å². The molecule has 1 rings (SSSR count). The van der Waals surface area contributed by atoms with Crippen LogP contribution in [0.3, 0.4) is 0 Å². The Labute approximate surface area is 79.1 Å². The summed E-state index contributed by atoms with van der Waals surface area (Å²) in [5.74, 6) is -0.345. The molecule has 0 saturated heterocycles. The number of rotatable bonds is 2. The zero-order valence-corrected chi connectivity index (χ0v) is 7.96. The second kappa shape index (κ2) is 5.99. The lowest BCUT2D eigenvalue weighted by Crippen LogP contribution is -2.06. The lowest BCUT2D eigenvalue weighted by molar-refractivity contribution is 0.0518. The summed E-state index contributed by atoms with van der Waals surface area (Å²) in [5, 5.41) is 6.26. The minimum absolute atomic E-state index is 0. The number of aromatic nitrogens is 2. The number of hydrogen-bond acceptors (Lipinski definition) is 3. The topological polar surface area (TPSA) is 55.0 Å². The largest absolute Gasteiger partial charge is 0.461 e. The first kappa shape index (κ1) is 11.4. The summed E-state index contributed by atoms with van der Waals surface area (Å²) in [6, 6.07) is 0. The number of ether oxygens (including phenoxy) is 1. The van der Waals surface area contributed by atoms with E-state index in [1.165, 1.54) is 0 Å². The highest BCUT2D eigenvalue weighted by molar-refractivity contribution is 5.88. The van der Waals surface area contributed by atoms with Crippen LogP contribution in [0.15, 0.2) is 19.4 Å². The van der Waals surface area contributed by atoms with Crippen LogP contribution in [0.4, 0.5) is 0 Å². The molecule has 4 nitrogen and oxygen atoms in total. The van der Waals surface area contributed by atoms with E-state index in [1.54, 1.807) is 20.0 Å². The minimum Gasteiger partial charge on any atom is -0.461 e. The number of aromatic amines is 1. The lowest BCUT2D eigenvalue weighted by atomic mass is 10.3. The summed E-state index contributed by atoms with van der Waals surface area (Å²) in [6.07, 6.45) is 1.59. The van der Waals surface area contributed by atoms with Gasteiger partial charge in [-0.1, -0.05) is 0 Å². The van der Waals surface area contributed by atoms with Crippen LogP contribution in [0.5, 0.6) is 0 Å². The Morgan fingerprint density at radius 3 is 2.77 bits per heavy atom. The molecule has 1 aromatic rings. The Kier molecular flexibility index (Phi) is 5.27. The van der Waals surface area contributed by atoms with E-state index in [-0.39, 0.29) is 7.40 Å². The van der Waals surface area contributed by atoms with Crippen LogP contribution in [0.25, 0.3) is 0 Å². The van der Waals surface area contributed by atoms with Crippen molar-refractivity contribution in [3.63, 3.8) is 0 Å². The fourth-order valence-electron chi connectivity index (χ4n) is 0.756. The van der Waals surface area contributed by atoms with Crippen molar-refractivity contribution in [3.05, 3.63) is 30.6 Å². The van der Waals surface area contributed by atoms with Gasteiger partial charge in [-0.25, -0.2) is 4.79 Å². The molecule has 1 aromatic heterocycles. The number of carbonyl (C=O) groups excluding carboxylic acids is 1. The first-order valence-electron chi connectivity index (χ1n) is 3.92. The minimum atomic E-state index is -0.345. The van der Waals surface area contributed by atoms with Crippen LogP contribution >= 0.6 is 0 Å². The van der Waals surface area contributed by atoms with Crippen LogP contribution in [0.1, 0.15) is 24.4 Å². The molecule has 0 fully saturated rings. The number of carbonyl (C=O) groups is 1. The van der Waals surface area contributed by atoms with Crippen molar-refractivity contribution in [2.24, 2.45) is 0 Å². The van der Waals surface area contributed by atoms with Gasteiger partial charge in [0.25, 0.3) is 0 Å². The number of esters is 1. The van der Waals surface area contributed by atoms with Crippen LogP contribution in [0.2, 0.25) is 0 Å². The number of hydrogen-bond donors (Lipinski definition) is 1. The van der Waals surface area contributed by atoms with Gasteiger partial charge in [-0.3, -0.25) is 5.10 Å². The van der Waals surface area contributed by atoms with Crippen molar-refractivity contribution in [3.8, 4) is 0 Å². The molecule has 0 aromatic carbocycles. The van der Waals surface area contributed by atoms with Crippen molar-refractivity contribution in [1.29, 1.82) is 0 Å². The van der Waals surface area contributed by atoms with Crippen molar-refractivity contribution < 1.29 is 11.0 Å². The first-order valence-corrected chi connectivity index (χ1v) is 3.92. The molecule has 1 heterocycles. The molecule has 0 radical (unpaired) electrons. The predicted molar refractivity (Wildman–Crippen MR) is 52.6 cm³/mol. The van der Waals surface area contributed by atoms with Crippen LogP contribution in [0, 0.1) is 6.92 Å². The maximum atomic E-state index is 11.0. The molecule has 4 heteroatoms. The average Bonchev–Trinajstić information content (AvgIpc) is 2.55. The summed E-state index contributed by atoms with van der Waals surface area (Å²) in [5.41, 5.74) is 1.25. The molecule has 0 unspecified atom stereocenters. The highest BCUT2D eigenvalue weighted by atomic mass is 16.5. The Balaban J connectivity index is 0. The smallest absolute Gasteiger partial charge is 0.356 e. The van der Waals surface area contributed by atoms with Gasteiger partial charge in [0.15, 0.2) is 0 Å². The van der Waals surface area contributed by atoms with Crippen molar-refractivity contribution in [1.82, 2.24) is 10.2 Å². The van der Waals surface area contributed by atoms with Crippen molar-refractivity contribution >= 4 is 5.97 Å². The molecular formula is C9H16N2O2. The van der Waals surface area contributed by atoms with E-state index in [2.05, 4.69) is 23.4 Å². The summed E-state index contributed by atoms with van der Waals surface area (Å²) >= 11 is 0. The van der Waals surface area contributed by atoms with E-state index < -0.39 is 0 Å². The summed E-state index contributed by atoms with van der Waals surface area (Å²) in [7, 11) is 0. The molecule has 0 bridgehead atoms. The molecule has 0 atom stereocenters. The van der Waals surface area contributed by atoms with E-state index in [0.717, 1.165) is 5.56 Å². The fourth-order valence-corrected chi connectivity index (χ4v) is 0.756. The quantitative estimate of drug-likeness (QED) is 0.564. The molecule has 0 amide bonds. The Bertz CT molecular complexity index is 274. The van der Waals surface area contributed by atoms with E-state index >= 15 is 0 Å².